The predicted molar refractivity (Wildman–Crippen MR) is 185 cm³/mol. The molecule has 46 heavy (non-hydrogen) atoms. The minimum Gasteiger partial charge on any atom is -0.512 e. The summed E-state index contributed by atoms with van der Waals surface area (Å²) >= 11 is 0. The number of furan rings is 1. The van der Waals surface area contributed by atoms with Crippen LogP contribution in [0.1, 0.15) is 79.7 Å². The van der Waals surface area contributed by atoms with Gasteiger partial charge in [0.25, 0.3) is 0 Å². The van der Waals surface area contributed by atoms with Crippen LogP contribution >= 0.6 is 0 Å². The minimum absolute atomic E-state index is 0. The van der Waals surface area contributed by atoms with Crippen LogP contribution in [0, 0.1) is 24.9 Å². The van der Waals surface area contributed by atoms with Gasteiger partial charge in [-0.1, -0.05) is 77.6 Å². The maximum atomic E-state index is 11.7. The second kappa shape index (κ2) is 16.2. The molecule has 1 N–H and O–H groups in total. The Hall–Kier alpha value is -3.73. The van der Waals surface area contributed by atoms with Crippen molar-refractivity contribution in [2.45, 2.75) is 79.6 Å². The Morgan fingerprint density at radius 2 is 1.67 bits per heavy atom. The van der Waals surface area contributed by atoms with E-state index in [4.69, 9.17) is 4.42 Å². The molecule has 0 spiro atoms. The van der Waals surface area contributed by atoms with Crippen molar-refractivity contribution in [3.05, 3.63) is 104 Å². The molecule has 2 aromatic carbocycles. The molecule has 1 radical (unpaired) electrons. The normalized spacial score (nSPS) is 11.9. The summed E-state index contributed by atoms with van der Waals surface area (Å²) in [5.74, 6) is 0.547. The van der Waals surface area contributed by atoms with Crippen molar-refractivity contribution < 1.29 is 39.0 Å². The van der Waals surface area contributed by atoms with Gasteiger partial charge in [-0.25, -0.2) is 0 Å². The summed E-state index contributed by atoms with van der Waals surface area (Å²) in [7, 11) is 4.21. The maximum Gasteiger partial charge on any atom is 0.162 e. The summed E-state index contributed by atoms with van der Waals surface area (Å²) in [4.78, 5) is 16.3. The fourth-order valence-electron chi connectivity index (χ4n) is 5.78. The van der Waals surface area contributed by atoms with Gasteiger partial charge < -0.3 is 14.1 Å². The zero-order chi connectivity index (χ0) is 32.7. The molecule has 0 aliphatic carbocycles. The summed E-state index contributed by atoms with van der Waals surface area (Å²) in [6, 6.07) is 22.3. The van der Waals surface area contributed by atoms with Gasteiger partial charge in [-0.05, 0) is 60.9 Å². The van der Waals surface area contributed by atoms with E-state index in [0.717, 1.165) is 64.6 Å². The maximum absolute atomic E-state index is 11.7. The number of fused-ring (bicyclic) bond motifs is 2. The first kappa shape index (κ1) is 36.7. The van der Waals surface area contributed by atoms with Crippen LogP contribution in [0.15, 0.2) is 89.5 Å². The van der Waals surface area contributed by atoms with Crippen molar-refractivity contribution in [3.8, 4) is 22.5 Å². The van der Waals surface area contributed by atoms with E-state index in [0.29, 0.717) is 0 Å². The molecule has 0 atom stereocenters. The molecule has 6 heteroatoms. The Morgan fingerprint density at radius 3 is 2.33 bits per heavy atom. The van der Waals surface area contributed by atoms with Crippen molar-refractivity contribution in [1.29, 1.82) is 0 Å². The van der Waals surface area contributed by atoms with Gasteiger partial charge in [0.05, 0.1) is 18.2 Å². The van der Waals surface area contributed by atoms with Crippen LogP contribution < -0.4 is 4.57 Å². The van der Waals surface area contributed by atoms with Crippen molar-refractivity contribution in [1.82, 2.24) is 4.98 Å². The van der Waals surface area contributed by atoms with Gasteiger partial charge in [0, 0.05) is 56.6 Å². The number of carbonyl (C=O) groups is 1. The van der Waals surface area contributed by atoms with Crippen molar-refractivity contribution in [2.75, 3.05) is 0 Å². The predicted octanol–water partition coefficient (Wildman–Crippen LogP) is 10.2. The second-order valence-electron chi connectivity index (χ2n) is 12.7. The number of ketones is 1. The number of carbonyl (C=O) groups excluding carboxylic acids is 1. The minimum atomic E-state index is 0. The van der Waals surface area contributed by atoms with Crippen molar-refractivity contribution >= 4 is 27.5 Å². The Morgan fingerprint density at radius 1 is 1.00 bits per heavy atom. The fraction of sp³-hybridized carbons (Fsp3) is 0.350. The summed E-state index contributed by atoms with van der Waals surface area (Å²) in [5, 5.41) is 13.1. The molecule has 0 saturated carbocycles. The van der Waals surface area contributed by atoms with Crippen LogP contribution in [0.2, 0.25) is 0 Å². The zero-order valence-corrected chi connectivity index (χ0v) is 30.6. The van der Waals surface area contributed by atoms with Crippen LogP contribution in [-0.4, -0.2) is 15.9 Å². The third kappa shape index (κ3) is 8.34. The number of nitrogens with zero attached hydrogens (tertiary/aromatic N) is 2. The number of allylic oxidation sites excluding steroid dienone is 2. The SMILES string of the molecule is CCC(CC)C(=O)/C=C(\O)C(CC)CC.[CH2-][n+]1ccc(-c2nccc3ccoc23)cc1-c1[c-]c2ccccc2c(C(C)(C)C)c1.[Ir]. The molecule has 245 valence electrons. The molecule has 0 aliphatic rings. The third-order valence-electron chi connectivity index (χ3n) is 8.62. The number of aliphatic hydroxyl groups excluding tert-OH is 1. The fourth-order valence-corrected chi connectivity index (χ4v) is 5.78. The molecule has 0 bridgehead atoms. The summed E-state index contributed by atoms with van der Waals surface area (Å²) < 4.78 is 7.60. The molecule has 3 aromatic heterocycles. The second-order valence-corrected chi connectivity index (χ2v) is 12.7. The number of hydrogen-bond donors (Lipinski definition) is 1. The Kier molecular flexibility index (Phi) is 12.9. The number of hydrogen-bond acceptors (Lipinski definition) is 4. The zero-order valence-electron chi connectivity index (χ0n) is 28.2. The van der Waals surface area contributed by atoms with Gasteiger partial charge in [0.15, 0.2) is 11.4 Å². The van der Waals surface area contributed by atoms with E-state index in [1.807, 2.05) is 62.9 Å². The van der Waals surface area contributed by atoms with E-state index in [1.165, 1.54) is 17.0 Å². The van der Waals surface area contributed by atoms with E-state index >= 15 is 0 Å². The Balaban J connectivity index is 0.000000309. The van der Waals surface area contributed by atoms with Crippen LogP contribution in [0.25, 0.3) is 44.3 Å². The van der Waals surface area contributed by atoms with Crippen LogP contribution in [0.4, 0.5) is 0 Å². The topological polar surface area (TPSA) is 67.2 Å². The first-order valence-electron chi connectivity index (χ1n) is 16.1. The average Bonchev–Trinajstić information content (AvgIpc) is 3.51. The summed E-state index contributed by atoms with van der Waals surface area (Å²) in [5.41, 5.74) is 5.91. The number of rotatable bonds is 9. The Labute approximate surface area is 288 Å². The van der Waals surface area contributed by atoms with Crippen LogP contribution in [0.3, 0.4) is 0 Å². The molecule has 5 nitrogen and oxygen atoms in total. The molecule has 5 rings (SSSR count). The van der Waals surface area contributed by atoms with Gasteiger partial charge >= 0.3 is 0 Å². The van der Waals surface area contributed by atoms with Crippen LogP contribution in [0.5, 0.6) is 0 Å². The smallest absolute Gasteiger partial charge is 0.162 e. The van der Waals surface area contributed by atoms with Crippen LogP contribution in [-0.2, 0) is 30.3 Å². The average molecular weight is 796 g/mol. The summed E-state index contributed by atoms with van der Waals surface area (Å²) in [6.07, 6.45) is 10.4. The molecule has 0 aliphatic heterocycles. The van der Waals surface area contributed by atoms with E-state index in [2.05, 4.69) is 75.3 Å². The van der Waals surface area contributed by atoms with Crippen molar-refractivity contribution in [3.63, 3.8) is 0 Å². The quantitative estimate of drug-likeness (QED) is 0.0699. The van der Waals surface area contributed by atoms with Gasteiger partial charge in [-0.15, -0.1) is 29.1 Å². The first-order chi connectivity index (χ1) is 21.5. The molecule has 3 heterocycles. The van der Waals surface area contributed by atoms with Crippen molar-refractivity contribution in [2.24, 2.45) is 11.8 Å². The van der Waals surface area contributed by atoms with E-state index in [1.54, 1.807) is 6.26 Å². The van der Waals surface area contributed by atoms with Gasteiger partial charge in [0.2, 0.25) is 0 Å². The van der Waals surface area contributed by atoms with Gasteiger partial charge in [-0.3, -0.25) is 9.78 Å². The Bertz CT molecular complexity index is 1790. The monoisotopic (exact) mass is 796 g/mol. The molecule has 0 saturated heterocycles. The molecule has 5 aromatic rings. The van der Waals surface area contributed by atoms with E-state index < -0.39 is 0 Å². The molecule has 0 fully saturated rings. The summed E-state index contributed by atoms with van der Waals surface area (Å²) in [6.45, 7) is 14.8. The largest absolute Gasteiger partial charge is 0.512 e. The van der Waals surface area contributed by atoms with Gasteiger partial charge in [0.1, 0.15) is 11.4 Å². The number of aromatic nitrogens is 2. The molecular weight excluding hydrogens is 749 g/mol. The number of aliphatic hydroxyl groups is 1. The molecule has 0 amide bonds. The third-order valence-corrected chi connectivity index (χ3v) is 8.62. The molecule has 0 unspecified atom stereocenters. The van der Waals surface area contributed by atoms with E-state index in [-0.39, 0.29) is 48.9 Å². The molecular formula is C40H47IrN2O3-. The number of pyridine rings is 2. The van der Waals surface area contributed by atoms with E-state index in [9.17, 15) is 9.90 Å². The first-order valence-corrected chi connectivity index (χ1v) is 16.1. The number of benzene rings is 2. The van der Waals surface area contributed by atoms with Gasteiger partial charge in [-0.2, -0.15) is 0 Å². The standard InChI is InChI=1S/C27H23N2O.C13H24O2.Ir/c1-27(2,3)23-16-21(15-19-7-5-6-8-22(19)23)24-17-20(10-13-29(24)4)25-26-18(9-12-28-25)11-14-30-26;1-5-10(6-2)12(14)9-13(15)11(7-3)8-4;/h5-14,16-17H,4H2,1-3H3;9-11,14H,5-8H2,1-4H3;/q-1;;/b;12-9-;.